The summed E-state index contributed by atoms with van der Waals surface area (Å²) in [7, 11) is 0. The molecular formula is C15H22N4OS. The first-order chi connectivity index (χ1) is 9.93. The number of nitrogens with zero attached hydrogens (tertiary/aromatic N) is 2. The molecule has 0 aliphatic carbocycles. The summed E-state index contributed by atoms with van der Waals surface area (Å²) in [6, 6.07) is 0. The van der Waals surface area contributed by atoms with Crippen LogP contribution in [0.15, 0.2) is 0 Å². The van der Waals surface area contributed by atoms with E-state index in [0.717, 1.165) is 31.1 Å². The standard InChI is InChI=1S/C15H22N4OS/c1-4-15(2,3)18-13(20)11-12(16)17-14(21-11)19-9-7-5-6-8-10-19/h1H,5-10,16H2,2-3H3,(H,18,20). The highest BCUT2D eigenvalue weighted by Gasteiger charge is 2.24. The number of hydrogen-bond donors (Lipinski definition) is 2. The van der Waals surface area contributed by atoms with Crippen molar-refractivity contribution in [3.8, 4) is 12.3 Å². The Hall–Kier alpha value is -1.74. The van der Waals surface area contributed by atoms with Gasteiger partial charge >= 0.3 is 0 Å². The molecule has 0 bridgehead atoms. The molecule has 1 amide bonds. The molecule has 2 rings (SSSR count). The summed E-state index contributed by atoms with van der Waals surface area (Å²) in [5.41, 5.74) is 5.21. The predicted molar refractivity (Wildman–Crippen MR) is 87.6 cm³/mol. The van der Waals surface area contributed by atoms with E-state index in [0.29, 0.717) is 4.88 Å². The smallest absolute Gasteiger partial charge is 0.266 e. The number of nitrogen functional groups attached to an aromatic ring is 1. The van der Waals surface area contributed by atoms with Crippen molar-refractivity contribution in [2.45, 2.75) is 45.1 Å². The van der Waals surface area contributed by atoms with E-state index in [9.17, 15) is 4.79 Å². The number of anilines is 2. The number of thiazole rings is 1. The maximum atomic E-state index is 12.3. The monoisotopic (exact) mass is 306 g/mol. The van der Waals surface area contributed by atoms with Crippen molar-refractivity contribution in [1.82, 2.24) is 10.3 Å². The number of terminal acetylenes is 1. The lowest BCUT2D eigenvalue weighted by molar-refractivity contribution is 0.0934. The van der Waals surface area contributed by atoms with E-state index in [1.807, 2.05) is 0 Å². The first kappa shape index (κ1) is 15.6. The van der Waals surface area contributed by atoms with Crippen molar-refractivity contribution in [3.05, 3.63) is 4.88 Å². The van der Waals surface area contributed by atoms with Crippen LogP contribution in [0.2, 0.25) is 0 Å². The SMILES string of the molecule is C#CC(C)(C)NC(=O)c1sc(N2CCCCCC2)nc1N. The number of carbonyl (C=O) groups excluding carboxylic acids is 1. The molecule has 0 saturated carbocycles. The van der Waals surface area contributed by atoms with Gasteiger partial charge in [0.1, 0.15) is 10.7 Å². The van der Waals surface area contributed by atoms with Crippen LogP contribution < -0.4 is 16.0 Å². The van der Waals surface area contributed by atoms with E-state index in [2.05, 4.69) is 21.1 Å². The molecule has 1 aliphatic rings. The van der Waals surface area contributed by atoms with Gasteiger partial charge < -0.3 is 16.0 Å². The molecule has 0 radical (unpaired) electrons. The van der Waals surface area contributed by atoms with E-state index in [1.165, 1.54) is 24.2 Å². The third-order valence-electron chi connectivity index (χ3n) is 3.51. The number of rotatable bonds is 3. The third-order valence-corrected chi connectivity index (χ3v) is 4.64. The predicted octanol–water partition coefficient (Wildman–Crippen LogP) is 2.25. The fraction of sp³-hybridized carbons (Fsp3) is 0.600. The highest BCUT2D eigenvalue weighted by atomic mass is 32.1. The Morgan fingerprint density at radius 2 is 2.00 bits per heavy atom. The maximum Gasteiger partial charge on any atom is 0.266 e. The molecule has 1 aromatic heterocycles. The summed E-state index contributed by atoms with van der Waals surface area (Å²) in [5, 5.41) is 3.62. The molecule has 3 N–H and O–H groups in total. The topological polar surface area (TPSA) is 71.2 Å². The highest BCUT2D eigenvalue weighted by molar-refractivity contribution is 7.18. The Morgan fingerprint density at radius 1 is 1.38 bits per heavy atom. The molecule has 5 nitrogen and oxygen atoms in total. The van der Waals surface area contributed by atoms with E-state index in [4.69, 9.17) is 12.2 Å². The van der Waals surface area contributed by atoms with Crippen LogP contribution in [-0.2, 0) is 0 Å². The summed E-state index contributed by atoms with van der Waals surface area (Å²) < 4.78 is 0. The van der Waals surface area contributed by atoms with Gasteiger partial charge in [0.05, 0.1) is 5.54 Å². The number of carbonyl (C=O) groups is 1. The molecule has 1 aliphatic heterocycles. The van der Waals surface area contributed by atoms with Crippen LogP contribution in [0.25, 0.3) is 0 Å². The minimum atomic E-state index is -0.698. The number of nitrogens with one attached hydrogen (secondary N) is 1. The molecule has 0 spiro atoms. The second-order valence-corrected chi connectivity index (χ2v) is 6.81. The summed E-state index contributed by atoms with van der Waals surface area (Å²) >= 11 is 1.34. The van der Waals surface area contributed by atoms with Crippen LogP contribution >= 0.6 is 11.3 Å². The zero-order valence-corrected chi connectivity index (χ0v) is 13.4. The Balaban J connectivity index is 2.15. The lowest BCUT2D eigenvalue weighted by atomic mass is 10.1. The lowest BCUT2D eigenvalue weighted by Crippen LogP contribution is -2.42. The molecule has 1 aromatic rings. The summed E-state index contributed by atoms with van der Waals surface area (Å²) in [5.74, 6) is 2.57. The first-order valence-corrected chi connectivity index (χ1v) is 8.06. The third kappa shape index (κ3) is 3.88. The molecule has 2 heterocycles. The van der Waals surface area contributed by atoms with Crippen LogP contribution in [0, 0.1) is 12.3 Å². The Bertz CT molecular complexity index is 551. The molecule has 21 heavy (non-hydrogen) atoms. The molecule has 0 aromatic carbocycles. The van der Waals surface area contributed by atoms with Gasteiger partial charge in [-0.2, -0.15) is 0 Å². The van der Waals surface area contributed by atoms with Gasteiger partial charge in [0, 0.05) is 13.1 Å². The molecule has 6 heteroatoms. The van der Waals surface area contributed by atoms with Crippen LogP contribution in [0.4, 0.5) is 10.9 Å². The van der Waals surface area contributed by atoms with Gasteiger partial charge in [-0.25, -0.2) is 4.98 Å². The average Bonchev–Trinajstić information content (AvgIpc) is 2.65. The van der Waals surface area contributed by atoms with Gasteiger partial charge in [-0.1, -0.05) is 30.1 Å². The molecule has 0 unspecified atom stereocenters. The van der Waals surface area contributed by atoms with Crippen LogP contribution in [0.1, 0.15) is 49.2 Å². The van der Waals surface area contributed by atoms with Crippen LogP contribution in [-0.4, -0.2) is 29.5 Å². The Morgan fingerprint density at radius 3 is 2.57 bits per heavy atom. The molecule has 114 valence electrons. The second-order valence-electron chi connectivity index (χ2n) is 5.84. The normalized spacial score (nSPS) is 16.1. The minimum absolute atomic E-state index is 0.256. The van der Waals surface area contributed by atoms with Crippen molar-refractivity contribution in [2.24, 2.45) is 0 Å². The van der Waals surface area contributed by atoms with Gasteiger partial charge in [0.15, 0.2) is 5.13 Å². The van der Waals surface area contributed by atoms with Gasteiger partial charge in [-0.3, -0.25) is 4.79 Å². The van der Waals surface area contributed by atoms with E-state index in [1.54, 1.807) is 13.8 Å². The summed E-state index contributed by atoms with van der Waals surface area (Å²) in [6.07, 6.45) is 10.2. The van der Waals surface area contributed by atoms with Crippen molar-refractivity contribution < 1.29 is 4.79 Å². The number of nitrogens with two attached hydrogens (primary N) is 1. The van der Waals surface area contributed by atoms with Gasteiger partial charge in [-0.15, -0.1) is 6.42 Å². The molecule has 1 fully saturated rings. The molecular weight excluding hydrogens is 284 g/mol. The van der Waals surface area contributed by atoms with E-state index in [-0.39, 0.29) is 11.7 Å². The van der Waals surface area contributed by atoms with Crippen molar-refractivity contribution in [2.75, 3.05) is 23.7 Å². The van der Waals surface area contributed by atoms with Crippen molar-refractivity contribution in [3.63, 3.8) is 0 Å². The Labute approximate surface area is 129 Å². The largest absolute Gasteiger partial charge is 0.382 e. The average molecular weight is 306 g/mol. The van der Waals surface area contributed by atoms with Gasteiger partial charge in [0.2, 0.25) is 0 Å². The quantitative estimate of drug-likeness (QED) is 0.840. The van der Waals surface area contributed by atoms with Crippen molar-refractivity contribution in [1.29, 1.82) is 0 Å². The van der Waals surface area contributed by atoms with Crippen molar-refractivity contribution >= 4 is 28.2 Å². The van der Waals surface area contributed by atoms with Crippen LogP contribution in [0.3, 0.4) is 0 Å². The molecule has 0 atom stereocenters. The number of amides is 1. The Kier molecular flexibility index (Phi) is 4.73. The number of hydrogen-bond acceptors (Lipinski definition) is 5. The second kappa shape index (κ2) is 6.35. The summed E-state index contributed by atoms with van der Waals surface area (Å²) in [6.45, 7) is 5.50. The summed E-state index contributed by atoms with van der Waals surface area (Å²) in [4.78, 5) is 19.3. The lowest BCUT2D eigenvalue weighted by Gasteiger charge is -2.19. The molecule has 1 saturated heterocycles. The van der Waals surface area contributed by atoms with Gasteiger partial charge in [-0.05, 0) is 26.7 Å². The van der Waals surface area contributed by atoms with E-state index < -0.39 is 5.54 Å². The number of aromatic nitrogens is 1. The highest BCUT2D eigenvalue weighted by Crippen LogP contribution is 2.30. The fourth-order valence-corrected chi connectivity index (χ4v) is 3.19. The minimum Gasteiger partial charge on any atom is -0.382 e. The van der Waals surface area contributed by atoms with Gasteiger partial charge in [0.25, 0.3) is 5.91 Å². The first-order valence-electron chi connectivity index (χ1n) is 7.24. The zero-order chi connectivity index (χ0) is 15.5. The zero-order valence-electron chi connectivity index (χ0n) is 12.6. The van der Waals surface area contributed by atoms with Crippen LogP contribution in [0.5, 0.6) is 0 Å². The maximum absolute atomic E-state index is 12.3. The fourth-order valence-electron chi connectivity index (χ4n) is 2.26. The van der Waals surface area contributed by atoms with E-state index >= 15 is 0 Å².